The van der Waals surface area contributed by atoms with E-state index in [4.69, 9.17) is 9.47 Å². The molecular weight excluding hydrogens is 451 g/mol. The van der Waals surface area contributed by atoms with Crippen LogP contribution in [0.1, 0.15) is 58.2 Å². The van der Waals surface area contributed by atoms with Gasteiger partial charge >= 0.3 is 0 Å². The zero-order valence-corrected chi connectivity index (χ0v) is 21.5. The topological polar surface area (TPSA) is 44.2 Å². The highest BCUT2D eigenvalue weighted by Gasteiger charge is 2.07. The van der Waals surface area contributed by atoms with E-state index in [0.717, 1.165) is 54.5 Å². The van der Waals surface area contributed by atoms with Crippen molar-refractivity contribution in [3.8, 4) is 28.0 Å². The van der Waals surface area contributed by atoms with Crippen molar-refractivity contribution in [2.45, 2.75) is 58.5 Å². The van der Waals surface area contributed by atoms with Gasteiger partial charge in [-0.2, -0.15) is 0 Å². The molecule has 190 valence electrons. The Kier molecular flexibility index (Phi) is 11.3. The number of nitrogens with zero attached hydrogens (tertiary/aromatic N) is 2. The summed E-state index contributed by atoms with van der Waals surface area (Å²) in [6.07, 6.45) is 16.4. The lowest BCUT2D eigenvalue weighted by Crippen LogP contribution is -2.08. The molecule has 0 aliphatic carbocycles. The largest absolute Gasteiger partial charge is 0.486 e. The van der Waals surface area contributed by atoms with E-state index in [9.17, 15) is 4.39 Å². The lowest BCUT2D eigenvalue weighted by atomic mass is 10.0. The second kappa shape index (κ2) is 14.9. The van der Waals surface area contributed by atoms with Crippen LogP contribution in [0.25, 0.3) is 28.3 Å². The van der Waals surface area contributed by atoms with Gasteiger partial charge in [0.15, 0.2) is 17.4 Å². The Morgan fingerprint density at radius 2 is 1.64 bits per heavy atom. The molecule has 5 heteroatoms. The van der Waals surface area contributed by atoms with Gasteiger partial charge in [0.25, 0.3) is 0 Å². The van der Waals surface area contributed by atoms with Crippen molar-refractivity contribution in [1.82, 2.24) is 9.97 Å². The van der Waals surface area contributed by atoms with E-state index in [1.807, 2.05) is 48.8 Å². The van der Waals surface area contributed by atoms with E-state index in [0.29, 0.717) is 11.9 Å². The van der Waals surface area contributed by atoms with Gasteiger partial charge in [-0.1, -0.05) is 68.8 Å². The molecule has 1 heterocycles. The Bertz CT molecular complexity index is 1090. The molecule has 1 atom stereocenters. The lowest BCUT2D eigenvalue weighted by molar-refractivity contribution is 0.0566. The van der Waals surface area contributed by atoms with Gasteiger partial charge < -0.3 is 9.47 Å². The maximum absolute atomic E-state index is 14.3. The molecule has 0 aliphatic heterocycles. The van der Waals surface area contributed by atoms with Crippen LogP contribution in [-0.4, -0.2) is 29.3 Å². The van der Waals surface area contributed by atoms with Crippen LogP contribution in [0.3, 0.4) is 0 Å². The highest BCUT2D eigenvalue weighted by atomic mass is 19.1. The van der Waals surface area contributed by atoms with E-state index in [2.05, 4.69) is 36.5 Å². The predicted octanol–water partition coefficient (Wildman–Crippen LogP) is 8.29. The molecule has 1 aromatic heterocycles. The third-order valence-corrected chi connectivity index (χ3v) is 5.91. The van der Waals surface area contributed by atoms with Crippen LogP contribution in [0.4, 0.5) is 4.39 Å². The first-order valence-electron chi connectivity index (χ1n) is 12.8. The number of halogens is 1. The standard InChI is InChI=1S/C31H37FN2O2/c1-4-6-10-20-35-24(3)11-8-7-9-12-31-33-22-28(23-34-31)26-15-13-25(14-16-26)27-17-18-30(29(32)21-27)36-19-5-2/h5,9,12-18,21-24H,2,4,6-8,10-11,19-20H2,1,3H3. The Balaban J connectivity index is 1.49. The minimum atomic E-state index is -0.388. The number of rotatable bonds is 15. The second-order valence-corrected chi connectivity index (χ2v) is 8.87. The highest BCUT2D eigenvalue weighted by molar-refractivity contribution is 5.70. The lowest BCUT2D eigenvalue weighted by Gasteiger charge is -2.11. The minimum Gasteiger partial charge on any atom is -0.486 e. The Morgan fingerprint density at radius 3 is 2.31 bits per heavy atom. The van der Waals surface area contributed by atoms with Crippen LogP contribution in [-0.2, 0) is 4.74 Å². The molecule has 3 rings (SSSR count). The van der Waals surface area contributed by atoms with Gasteiger partial charge in [-0.25, -0.2) is 14.4 Å². The number of ether oxygens (including phenoxy) is 2. The zero-order valence-electron chi connectivity index (χ0n) is 21.5. The molecule has 3 aromatic rings. The molecule has 0 amide bonds. The molecule has 0 radical (unpaired) electrons. The minimum absolute atomic E-state index is 0.225. The summed E-state index contributed by atoms with van der Waals surface area (Å²) in [5.41, 5.74) is 3.66. The molecule has 0 fully saturated rings. The van der Waals surface area contributed by atoms with Crippen LogP contribution >= 0.6 is 0 Å². The third-order valence-electron chi connectivity index (χ3n) is 5.91. The summed E-state index contributed by atoms with van der Waals surface area (Å²) in [5, 5.41) is 0. The second-order valence-electron chi connectivity index (χ2n) is 8.87. The highest BCUT2D eigenvalue weighted by Crippen LogP contribution is 2.28. The normalized spacial score (nSPS) is 12.1. The van der Waals surface area contributed by atoms with Crippen LogP contribution in [0, 0.1) is 5.82 Å². The SMILES string of the molecule is C=CCOc1ccc(-c2ccc(-c3cnc(C=CCCCC(C)OCCCCC)nc3)cc2)cc1F. The summed E-state index contributed by atoms with van der Waals surface area (Å²) < 4.78 is 25.4. The number of hydrogen-bond acceptors (Lipinski definition) is 4. The molecule has 0 saturated heterocycles. The quantitative estimate of drug-likeness (QED) is 0.159. The van der Waals surface area contributed by atoms with Crippen molar-refractivity contribution in [3.63, 3.8) is 0 Å². The van der Waals surface area contributed by atoms with Gasteiger partial charge in [0.1, 0.15) is 6.61 Å². The average molecular weight is 489 g/mol. The molecule has 0 bridgehead atoms. The van der Waals surface area contributed by atoms with Crippen molar-refractivity contribution in [2.75, 3.05) is 13.2 Å². The van der Waals surface area contributed by atoms with E-state index < -0.39 is 0 Å². The zero-order chi connectivity index (χ0) is 25.6. The fraction of sp³-hybridized carbons (Fsp3) is 0.355. The molecule has 4 nitrogen and oxygen atoms in total. The van der Waals surface area contributed by atoms with Crippen LogP contribution in [0.5, 0.6) is 5.75 Å². The van der Waals surface area contributed by atoms with Gasteiger partial charge in [-0.15, -0.1) is 0 Å². The number of benzene rings is 2. The number of hydrogen-bond donors (Lipinski definition) is 0. The summed E-state index contributed by atoms with van der Waals surface area (Å²) >= 11 is 0. The predicted molar refractivity (Wildman–Crippen MR) is 146 cm³/mol. The molecule has 0 saturated carbocycles. The third kappa shape index (κ3) is 8.72. The van der Waals surface area contributed by atoms with E-state index in [1.165, 1.54) is 18.9 Å². The monoisotopic (exact) mass is 488 g/mol. The Morgan fingerprint density at radius 1 is 0.944 bits per heavy atom. The van der Waals surface area contributed by atoms with E-state index in [-0.39, 0.29) is 18.2 Å². The molecule has 0 N–H and O–H groups in total. The molecule has 0 aliphatic rings. The van der Waals surface area contributed by atoms with Crippen LogP contribution in [0.15, 0.2) is 73.6 Å². The van der Waals surface area contributed by atoms with Crippen molar-refractivity contribution < 1.29 is 13.9 Å². The summed E-state index contributed by atoms with van der Waals surface area (Å²) in [6.45, 7) is 9.08. The first-order chi connectivity index (χ1) is 17.6. The Hall–Kier alpha value is -3.31. The van der Waals surface area contributed by atoms with Gasteiger partial charge in [0, 0.05) is 24.6 Å². The van der Waals surface area contributed by atoms with Gasteiger partial charge in [0.05, 0.1) is 6.10 Å². The average Bonchev–Trinajstić information content (AvgIpc) is 2.91. The van der Waals surface area contributed by atoms with Gasteiger partial charge in [0.2, 0.25) is 0 Å². The number of aromatic nitrogens is 2. The number of unbranched alkanes of at least 4 members (excludes halogenated alkanes) is 3. The molecule has 0 spiro atoms. The maximum atomic E-state index is 14.3. The van der Waals surface area contributed by atoms with Gasteiger partial charge in [-0.3, -0.25) is 0 Å². The van der Waals surface area contributed by atoms with Crippen molar-refractivity contribution >= 4 is 6.08 Å². The molecule has 36 heavy (non-hydrogen) atoms. The summed E-state index contributed by atoms with van der Waals surface area (Å²) in [4.78, 5) is 8.96. The first kappa shape index (κ1) is 27.3. The number of allylic oxidation sites excluding steroid dienone is 1. The van der Waals surface area contributed by atoms with E-state index in [1.54, 1.807) is 12.1 Å². The van der Waals surface area contributed by atoms with Gasteiger partial charge in [-0.05, 0) is 67.5 Å². The Labute approximate surface area is 214 Å². The molecular formula is C31H37FN2O2. The summed E-state index contributed by atoms with van der Waals surface area (Å²) in [7, 11) is 0. The van der Waals surface area contributed by atoms with Crippen LogP contribution < -0.4 is 4.74 Å². The van der Waals surface area contributed by atoms with Crippen molar-refractivity contribution in [1.29, 1.82) is 0 Å². The first-order valence-corrected chi connectivity index (χ1v) is 12.8. The maximum Gasteiger partial charge on any atom is 0.165 e. The summed E-state index contributed by atoms with van der Waals surface area (Å²) in [5.74, 6) is 0.539. The van der Waals surface area contributed by atoms with Crippen molar-refractivity contribution in [2.24, 2.45) is 0 Å². The van der Waals surface area contributed by atoms with Crippen molar-refractivity contribution in [3.05, 3.63) is 85.2 Å². The van der Waals surface area contributed by atoms with E-state index >= 15 is 0 Å². The molecule has 2 aromatic carbocycles. The smallest absolute Gasteiger partial charge is 0.165 e. The van der Waals surface area contributed by atoms with Crippen LogP contribution in [0.2, 0.25) is 0 Å². The molecule has 1 unspecified atom stereocenters. The fourth-order valence-electron chi connectivity index (χ4n) is 3.81. The fourth-order valence-corrected chi connectivity index (χ4v) is 3.81. The summed E-state index contributed by atoms with van der Waals surface area (Å²) in [6, 6.07) is 12.9.